The van der Waals surface area contributed by atoms with Gasteiger partial charge in [0.1, 0.15) is 0 Å². The Bertz CT molecular complexity index is 208. The van der Waals surface area contributed by atoms with Gasteiger partial charge in [-0.3, -0.25) is 0 Å². The van der Waals surface area contributed by atoms with Crippen molar-refractivity contribution in [1.82, 2.24) is 4.90 Å². The summed E-state index contributed by atoms with van der Waals surface area (Å²) >= 11 is 0. The van der Waals surface area contributed by atoms with Crippen LogP contribution in [0.15, 0.2) is 23.9 Å². The van der Waals surface area contributed by atoms with Crippen LogP contribution in [0, 0.1) is 0 Å². The van der Waals surface area contributed by atoms with E-state index >= 15 is 0 Å². The number of rotatable bonds is 1. The summed E-state index contributed by atoms with van der Waals surface area (Å²) in [4.78, 5) is 12.2. The fraction of sp³-hybridized carbons (Fsp3) is 0.286. The number of carbonyl (C=O) groups is 1. The molecule has 0 aliphatic carbocycles. The molecule has 0 aromatic rings. The molecule has 1 rings (SSSR count). The Balaban J connectivity index is 0.000001000. The van der Waals surface area contributed by atoms with Crippen molar-refractivity contribution in [2.75, 3.05) is 13.6 Å². The van der Waals surface area contributed by atoms with Gasteiger partial charge in [0, 0.05) is 13.6 Å². The summed E-state index contributed by atoms with van der Waals surface area (Å²) in [6.45, 7) is 0.492. The fourth-order valence-corrected chi connectivity index (χ4v) is 0.819. The van der Waals surface area contributed by atoms with E-state index in [-0.39, 0.29) is 5.48 Å². The van der Waals surface area contributed by atoms with Crippen LogP contribution in [0.2, 0.25) is 0 Å². The third-order valence-corrected chi connectivity index (χ3v) is 1.33. The molecule has 0 spiro atoms. The minimum atomic E-state index is -0.837. The lowest BCUT2D eigenvalue weighted by molar-refractivity contribution is -0.132. The molecule has 11 heavy (non-hydrogen) atoms. The fourth-order valence-electron chi connectivity index (χ4n) is 0.819. The van der Waals surface area contributed by atoms with Gasteiger partial charge >= 0.3 is 5.97 Å². The second-order valence-electron chi connectivity index (χ2n) is 2.25. The van der Waals surface area contributed by atoms with Crippen molar-refractivity contribution in [3.8, 4) is 0 Å². The molecule has 0 fully saturated rings. The Kier molecular flexibility index (Phi) is 3.33. The van der Waals surface area contributed by atoms with Gasteiger partial charge in [-0.05, 0) is 18.4 Å². The summed E-state index contributed by atoms with van der Waals surface area (Å²) in [7, 11) is 1.84. The molecule has 62 valence electrons. The molecular formula is C7H11NO3. The number of aliphatic carboxylic acids is 1. The normalized spacial score (nSPS) is 15.4. The SMILES string of the molecule is CN1C=CC=C(C(=O)O)C1.O. The van der Waals surface area contributed by atoms with E-state index in [4.69, 9.17) is 5.11 Å². The van der Waals surface area contributed by atoms with Crippen LogP contribution in [0.5, 0.6) is 0 Å². The maximum Gasteiger partial charge on any atom is 0.333 e. The number of nitrogens with zero attached hydrogens (tertiary/aromatic N) is 1. The van der Waals surface area contributed by atoms with E-state index in [0.29, 0.717) is 12.1 Å². The molecule has 0 saturated carbocycles. The molecule has 0 aromatic carbocycles. The maximum atomic E-state index is 10.4. The summed E-state index contributed by atoms with van der Waals surface area (Å²) < 4.78 is 0. The topological polar surface area (TPSA) is 72.0 Å². The van der Waals surface area contributed by atoms with E-state index in [0.717, 1.165) is 0 Å². The lowest BCUT2D eigenvalue weighted by Gasteiger charge is -2.16. The molecule has 1 heterocycles. The van der Waals surface area contributed by atoms with Crippen LogP contribution in [-0.4, -0.2) is 35.0 Å². The standard InChI is InChI=1S/C7H9NO2.H2O/c1-8-4-2-3-6(5-8)7(9)10;/h2-4H,5H2,1H3,(H,9,10);1H2. The molecular weight excluding hydrogens is 146 g/mol. The Labute approximate surface area is 64.7 Å². The van der Waals surface area contributed by atoms with Crippen molar-refractivity contribution in [2.24, 2.45) is 0 Å². The lowest BCUT2D eigenvalue weighted by atomic mass is 10.2. The van der Waals surface area contributed by atoms with Gasteiger partial charge in [0.25, 0.3) is 0 Å². The van der Waals surface area contributed by atoms with Gasteiger partial charge in [0.2, 0.25) is 0 Å². The Hall–Kier alpha value is -1.29. The summed E-state index contributed by atoms with van der Waals surface area (Å²) in [5, 5.41) is 8.53. The van der Waals surface area contributed by atoms with Crippen molar-refractivity contribution in [2.45, 2.75) is 0 Å². The number of hydrogen-bond acceptors (Lipinski definition) is 2. The zero-order valence-corrected chi connectivity index (χ0v) is 6.24. The van der Waals surface area contributed by atoms with Gasteiger partial charge in [-0.1, -0.05) is 0 Å². The van der Waals surface area contributed by atoms with Gasteiger partial charge in [-0.15, -0.1) is 0 Å². The van der Waals surface area contributed by atoms with Gasteiger partial charge in [-0.2, -0.15) is 0 Å². The van der Waals surface area contributed by atoms with Gasteiger partial charge in [-0.25, -0.2) is 4.79 Å². The number of carboxylic acid groups (broad SMARTS) is 1. The van der Waals surface area contributed by atoms with Crippen LogP contribution < -0.4 is 0 Å². The Morgan fingerprint density at radius 2 is 2.36 bits per heavy atom. The van der Waals surface area contributed by atoms with E-state index < -0.39 is 5.97 Å². The molecule has 0 radical (unpaired) electrons. The first-order valence-corrected chi connectivity index (χ1v) is 3.01. The number of likely N-dealkylation sites (N-methyl/N-ethyl adjacent to an activating group) is 1. The zero-order valence-electron chi connectivity index (χ0n) is 6.24. The second kappa shape index (κ2) is 3.78. The van der Waals surface area contributed by atoms with E-state index in [2.05, 4.69) is 0 Å². The van der Waals surface area contributed by atoms with Crippen LogP contribution in [-0.2, 0) is 4.79 Å². The largest absolute Gasteiger partial charge is 0.478 e. The minimum absolute atomic E-state index is 0. The molecule has 1 aliphatic heterocycles. The highest BCUT2D eigenvalue weighted by Gasteiger charge is 2.09. The van der Waals surface area contributed by atoms with Gasteiger partial charge in [0.15, 0.2) is 0 Å². The van der Waals surface area contributed by atoms with E-state index in [9.17, 15) is 4.79 Å². The third-order valence-electron chi connectivity index (χ3n) is 1.33. The Morgan fingerprint density at radius 1 is 1.73 bits per heavy atom. The molecule has 0 bridgehead atoms. The molecule has 1 aliphatic rings. The number of allylic oxidation sites excluding steroid dienone is 2. The first-order valence-electron chi connectivity index (χ1n) is 3.01. The molecule has 0 unspecified atom stereocenters. The highest BCUT2D eigenvalue weighted by atomic mass is 16.4. The summed E-state index contributed by atoms with van der Waals surface area (Å²) in [6.07, 6.45) is 5.18. The summed E-state index contributed by atoms with van der Waals surface area (Å²) in [5.41, 5.74) is 0.435. The molecule has 4 heteroatoms. The van der Waals surface area contributed by atoms with Crippen molar-refractivity contribution in [3.63, 3.8) is 0 Å². The van der Waals surface area contributed by atoms with Crippen LogP contribution in [0.4, 0.5) is 0 Å². The molecule has 0 amide bonds. The average molecular weight is 157 g/mol. The van der Waals surface area contributed by atoms with Crippen molar-refractivity contribution in [1.29, 1.82) is 0 Å². The van der Waals surface area contributed by atoms with E-state index in [1.807, 2.05) is 18.1 Å². The van der Waals surface area contributed by atoms with Gasteiger partial charge in [0.05, 0.1) is 5.57 Å². The predicted octanol–water partition coefficient (Wildman–Crippen LogP) is -0.368. The Morgan fingerprint density at radius 3 is 2.73 bits per heavy atom. The van der Waals surface area contributed by atoms with Crippen LogP contribution in [0.25, 0.3) is 0 Å². The lowest BCUT2D eigenvalue weighted by Crippen LogP contribution is -2.20. The third kappa shape index (κ3) is 2.43. The smallest absolute Gasteiger partial charge is 0.333 e. The zero-order chi connectivity index (χ0) is 7.56. The van der Waals surface area contributed by atoms with Crippen LogP contribution >= 0.6 is 0 Å². The first kappa shape index (κ1) is 9.71. The van der Waals surface area contributed by atoms with Crippen LogP contribution in [0.3, 0.4) is 0 Å². The number of hydrogen-bond donors (Lipinski definition) is 1. The van der Waals surface area contributed by atoms with Gasteiger partial charge < -0.3 is 15.5 Å². The molecule has 0 aromatic heterocycles. The van der Waals surface area contributed by atoms with Crippen molar-refractivity contribution < 1.29 is 15.4 Å². The van der Waals surface area contributed by atoms with Crippen molar-refractivity contribution >= 4 is 5.97 Å². The summed E-state index contributed by atoms with van der Waals surface area (Å²) in [5.74, 6) is -0.837. The highest BCUT2D eigenvalue weighted by molar-refractivity contribution is 5.87. The molecule has 0 atom stereocenters. The van der Waals surface area contributed by atoms with E-state index in [1.54, 1.807) is 12.2 Å². The highest BCUT2D eigenvalue weighted by Crippen LogP contribution is 2.04. The minimum Gasteiger partial charge on any atom is -0.478 e. The second-order valence-corrected chi connectivity index (χ2v) is 2.25. The average Bonchev–Trinajstić information content (AvgIpc) is 1.88. The first-order chi connectivity index (χ1) is 4.70. The summed E-state index contributed by atoms with van der Waals surface area (Å²) in [6, 6.07) is 0. The quantitative estimate of drug-likeness (QED) is 0.564. The molecule has 0 saturated heterocycles. The number of carboxylic acids is 1. The predicted molar refractivity (Wildman–Crippen MR) is 41.1 cm³/mol. The van der Waals surface area contributed by atoms with Crippen LogP contribution in [0.1, 0.15) is 0 Å². The maximum absolute atomic E-state index is 10.4. The monoisotopic (exact) mass is 157 g/mol. The van der Waals surface area contributed by atoms with Crippen molar-refractivity contribution in [3.05, 3.63) is 23.9 Å². The molecule has 4 nitrogen and oxygen atoms in total. The molecule has 3 N–H and O–H groups in total. The van der Waals surface area contributed by atoms with E-state index in [1.165, 1.54) is 0 Å².